The van der Waals surface area contributed by atoms with E-state index in [1.165, 1.54) is 0 Å². The first kappa shape index (κ1) is 15.6. The number of hydrogen-bond donors (Lipinski definition) is 1. The van der Waals surface area contributed by atoms with Crippen LogP contribution < -0.4 is 14.8 Å². The summed E-state index contributed by atoms with van der Waals surface area (Å²) in [5.74, 6) is 0.726. The van der Waals surface area contributed by atoms with E-state index in [1.807, 2.05) is 13.8 Å². The zero-order valence-corrected chi connectivity index (χ0v) is 12.5. The van der Waals surface area contributed by atoms with Crippen LogP contribution in [-0.4, -0.2) is 19.0 Å². The molecule has 0 aliphatic rings. The summed E-state index contributed by atoms with van der Waals surface area (Å²) in [6.45, 7) is 4.68. The molecule has 114 valence electrons. The Labute approximate surface area is 128 Å². The van der Waals surface area contributed by atoms with Crippen LogP contribution in [0, 0.1) is 6.92 Å². The van der Waals surface area contributed by atoms with E-state index in [-0.39, 0.29) is 5.91 Å². The molecule has 0 unspecified atom stereocenters. The molecule has 5 heteroatoms. The molecule has 2 aromatic carbocycles. The Kier molecular flexibility index (Phi) is 5.14. The second-order valence-electron chi connectivity index (χ2n) is 4.63. The molecule has 1 N–H and O–H groups in total. The maximum absolute atomic E-state index is 12.3. The summed E-state index contributed by atoms with van der Waals surface area (Å²) in [4.78, 5) is 22.8. The minimum absolute atomic E-state index is 0.288. The average Bonchev–Trinajstić information content (AvgIpc) is 2.51. The van der Waals surface area contributed by atoms with Gasteiger partial charge < -0.3 is 14.8 Å². The number of hydrogen-bond acceptors (Lipinski definition) is 4. The van der Waals surface area contributed by atoms with E-state index in [9.17, 15) is 9.59 Å². The van der Waals surface area contributed by atoms with Crippen LogP contribution >= 0.6 is 0 Å². The van der Waals surface area contributed by atoms with Gasteiger partial charge in [0.2, 0.25) is 0 Å². The van der Waals surface area contributed by atoms with E-state index in [4.69, 9.17) is 9.47 Å². The van der Waals surface area contributed by atoms with E-state index in [0.29, 0.717) is 35.8 Å². The van der Waals surface area contributed by atoms with Gasteiger partial charge >= 0.3 is 0 Å². The quantitative estimate of drug-likeness (QED) is 0.832. The Morgan fingerprint density at radius 1 is 1.18 bits per heavy atom. The number of carbonyl (C=O) groups is 2. The van der Waals surface area contributed by atoms with Crippen molar-refractivity contribution in [3.05, 3.63) is 53.6 Å². The van der Waals surface area contributed by atoms with Crippen molar-refractivity contribution in [2.45, 2.75) is 13.8 Å². The summed E-state index contributed by atoms with van der Waals surface area (Å²) in [5, 5.41) is 2.74. The van der Waals surface area contributed by atoms with Crippen LogP contribution in [0.25, 0.3) is 0 Å². The zero-order valence-electron chi connectivity index (χ0n) is 12.5. The molecule has 0 aliphatic heterocycles. The van der Waals surface area contributed by atoms with E-state index < -0.39 is 0 Å². The molecule has 2 aromatic rings. The highest BCUT2D eigenvalue weighted by molar-refractivity contribution is 6.05. The summed E-state index contributed by atoms with van der Waals surface area (Å²) in [7, 11) is 0. The number of aryl methyl sites for hydroxylation is 1. The average molecular weight is 299 g/mol. The fourth-order valence-corrected chi connectivity index (χ4v) is 1.96. The molecule has 22 heavy (non-hydrogen) atoms. The van der Waals surface area contributed by atoms with Gasteiger partial charge in [-0.05, 0) is 55.8 Å². The third kappa shape index (κ3) is 3.85. The van der Waals surface area contributed by atoms with Gasteiger partial charge in [0.25, 0.3) is 12.4 Å². The van der Waals surface area contributed by atoms with Crippen molar-refractivity contribution in [2.24, 2.45) is 0 Å². The number of anilines is 1. The first-order valence-corrected chi connectivity index (χ1v) is 6.89. The van der Waals surface area contributed by atoms with Crippen LogP contribution in [0.2, 0.25) is 0 Å². The van der Waals surface area contributed by atoms with Gasteiger partial charge in [0.1, 0.15) is 5.75 Å². The molecular formula is C17H17NO4. The van der Waals surface area contributed by atoms with Crippen LogP contribution in [0.4, 0.5) is 5.69 Å². The maximum atomic E-state index is 12.3. The molecule has 0 radical (unpaired) electrons. The minimum Gasteiger partial charge on any atom is -0.494 e. The number of ether oxygens (including phenoxy) is 2. The summed E-state index contributed by atoms with van der Waals surface area (Å²) < 4.78 is 10.2. The fourth-order valence-electron chi connectivity index (χ4n) is 1.96. The monoisotopic (exact) mass is 299 g/mol. The highest BCUT2D eigenvalue weighted by Crippen LogP contribution is 2.26. The van der Waals surface area contributed by atoms with Gasteiger partial charge in [0.05, 0.1) is 12.3 Å². The van der Waals surface area contributed by atoms with Gasteiger partial charge in [-0.15, -0.1) is 0 Å². The standard InChI is InChI=1S/C17H17NO4/c1-3-21-14-7-5-13(6-8-14)17(20)18-15-10-12(2)4-9-16(15)22-11-19/h4-11H,3H2,1-2H3,(H,18,20). The van der Waals surface area contributed by atoms with Crippen LogP contribution in [0.1, 0.15) is 22.8 Å². The summed E-state index contributed by atoms with van der Waals surface area (Å²) in [6.07, 6.45) is 0. The molecule has 0 fully saturated rings. The van der Waals surface area contributed by atoms with Crippen molar-refractivity contribution in [3.63, 3.8) is 0 Å². The molecule has 0 heterocycles. The molecule has 5 nitrogen and oxygen atoms in total. The van der Waals surface area contributed by atoms with Gasteiger partial charge in [-0.1, -0.05) is 6.07 Å². The Hall–Kier alpha value is -2.82. The number of carbonyl (C=O) groups excluding carboxylic acids is 2. The molecule has 0 spiro atoms. The maximum Gasteiger partial charge on any atom is 0.298 e. The van der Waals surface area contributed by atoms with Crippen molar-refractivity contribution in [1.82, 2.24) is 0 Å². The third-order valence-corrected chi connectivity index (χ3v) is 2.99. The van der Waals surface area contributed by atoms with Crippen LogP contribution in [0.15, 0.2) is 42.5 Å². The highest BCUT2D eigenvalue weighted by Gasteiger charge is 2.10. The summed E-state index contributed by atoms with van der Waals surface area (Å²) in [6, 6.07) is 12.0. The van der Waals surface area contributed by atoms with Crippen LogP contribution in [-0.2, 0) is 4.79 Å². The fraction of sp³-hybridized carbons (Fsp3) is 0.176. The lowest BCUT2D eigenvalue weighted by atomic mass is 10.1. The van der Waals surface area contributed by atoms with Crippen molar-refractivity contribution in [1.29, 1.82) is 0 Å². The lowest BCUT2D eigenvalue weighted by Crippen LogP contribution is -2.13. The second kappa shape index (κ2) is 7.26. The lowest BCUT2D eigenvalue weighted by molar-refractivity contribution is -0.120. The predicted octanol–water partition coefficient (Wildman–Crippen LogP) is 3.18. The van der Waals surface area contributed by atoms with Gasteiger partial charge in [-0.2, -0.15) is 0 Å². The van der Waals surface area contributed by atoms with Crippen LogP contribution in [0.5, 0.6) is 11.5 Å². The van der Waals surface area contributed by atoms with Gasteiger partial charge in [-0.25, -0.2) is 0 Å². The molecule has 0 aromatic heterocycles. The normalized spacial score (nSPS) is 9.91. The molecule has 2 rings (SSSR count). The highest BCUT2D eigenvalue weighted by atomic mass is 16.5. The number of rotatable bonds is 6. The first-order chi connectivity index (χ1) is 10.6. The molecular weight excluding hydrogens is 282 g/mol. The van der Waals surface area contributed by atoms with Gasteiger partial charge in [0, 0.05) is 5.56 Å². The molecule has 0 aliphatic carbocycles. The summed E-state index contributed by atoms with van der Waals surface area (Å²) in [5.41, 5.74) is 1.88. The lowest BCUT2D eigenvalue weighted by Gasteiger charge is -2.10. The molecule has 0 bridgehead atoms. The number of benzene rings is 2. The first-order valence-electron chi connectivity index (χ1n) is 6.89. The second-order valence-corrected chi connectivity index (χ2v) is 4.63. The van der Waals surface area contributed by atoms with E-state index in [1.54, 1.807) is 42.5 Å². The van der Waals surface area contributed by atoms with Crippen LogP contribution in [0.3, 0.4) is 0 Å². The van der Waals surface area contributed by atoms with Crippen molar-refractivity contribution < 1.29 is 19.1 Å². The molecule has 0 saturated carbocycles. The predicted molar refractivity (Wildman–Crippen MR) is 83.4 cm³/mol. The largest absolute Gasteiger partial charge is 0.494 e. The Balaban J connectivity index is 2.17. The van der Waals surface area contributed by atoms with E-state index in [0.717, 1.165) is 5.56 Å². The van der Waals surface area contributed by atoms with E-state index >= 15 is 0 Å². The SMILES string of the molecule is CCOc1ccc(C(=O)Nc2cc(C)ccc2OC=O)cc1. The third-order valence-electron chi connectivity index (χ3n) is 2.99. The zero-order chi connectivity index (χ0) is 15.9. The smallest absolute Gasteiger partial charge is 0.298 e. The van der Waals surface area contributed by atoms with Gasteiger partial charge in [-0.3, -0.25) is 9.59 Å². The van der Waals surface area contributed by atoms with Crippen molar-refractivity contribution in [3.8, 4) is 11.5 Å². The summed E-state index contributed by atoms with van der Waals surface area (Å²) >= 11 is 0. The molecule has 1 amide bonds. The van der Waals surface area contributed by atoms with Crippen molar-refractivity contribution >= 4 is 18.1 Å². The number of nitrogens with one attached hydrogen (secondary N) is 1. The topological polar surface area (TPSA) is 64.6 Å². The van der Waals surface area contributed by atoms with Crippen molar-refractivity contribution in [2.75, 3.05) is 11.9 Å². The number of amides is 1. The minimum atomic E-state index is -0.288. The Morgan fingerprint density at radius 2 is 1.91 bits per heavy atom. The molecule has 0 saturated heterocycles. The Bertz CT molecular complexity index is 665. The van der Waals surface area contributed by atoms with Gasteiger partial charge in [0.15, 0.2) is 5.75 Å². The van der Waals surface area contributed by atoms with E-state index in [2.05, 4.69) is 5.32 Å². The molecule has 0 atom stereocenters. The Morgan fingerprint density at radius 3 is 2.55 bits per heavy atom.